The molecule has 17 heavy (non-hydrogen) atoms. The molecule has 0 bridgehead atoms. The lowest BCUT2D eigenvalue weighted by Gasteiger charge is -2.29. The van der Waals surface area contributed by atoms with Gasteiger partial charge in [0.2, 0.25) is 0 Å². The summed E-state index contributed by atoms with van der Waals surface area (Å²) in [5.74, 6) is 2.73. The summed E-state index contributed by atoms with van der Waals surface area (Å²) in [6.45, 7) is 6.88. The lowest BCUT2D eigenvalue weighted by atomic mass is 9.83. The van der Waals surface area contributed by atoms with E-state index in [2.05, 4.69) is 48.8 Å². The molecule has 0 spiro atoms. The second-order valence-electron chi connectivity index (χ2n) is 5.18. The third kappa shape index (κ3) is 4.55. The molecule has 1 nitrogen and oxygen atoms in total. The molecule has 1 unspecified atom stereocenters. The first kappa shape index (κ1) is 14.9. The predicted octanol–water partition coefficient (Wildman–Crippen LogP) is 4.84. The normalized spacial score (nSPS) is 13.5. The molecule has 1 aromatic carbocycles. The zero-order valence-corrected chi connectivity index (χ0v) is 13.4. The Morgan fingerprint density at radius 3 is 2.47 bits per heavy atom. The lowest BCUT2D eigenvalue weighted by Crippen LogP contribution is -2.23. The quantitative estimate of drug-likeness (QED) is 0.567. The van der Waals surface area contributed by atoms with Crippen LogP contribution in [0.1, 0.15) is 20.8 Å². The zero-order valence-electron chi connectivity index (χ0n) is 11.0. The van der Waals surface area contributed by atoms with Crippen molar-refractivity contribution in [3.8, 4) is 5.75 Å². The maximum absolute atomic E-state index is 5.36. The zero-order chi connectivity index (χ0) is 12.9. The molecule has 0 N–H and O–H groups in total. The minimum absolute atomic E-state index is 0.332. The average Bonchev–Trinajstić information content (AvgIpc) is 2.28. The maximum atomic E-state index is 5.36. The average molecular weight is 317 g/mol. The van der Waals surface area contributed by atoms with Gasteiger partial charge in [-0.15, -0.1) is 11.8 Å². The molecule has 1 atom stereocenters. The van der Waals surface area contributed by atoms with Gasteiger partial charge in [-0.05, 0) is 23.5 Å². The molecule has 0 radical (unpaired) electrons. The maximum Gasteiger partial charge on any atom is 0.132 e. The Bertz CT molecular complexity index is 346. The topological polar surface area (TPSA) is 9.23 Å². The van der Waals surface area contributed by atoms with Crippen molar-refractivity contribution in [3.05, 3.63) is 24.3 Å². The van der Waals surface area contributed by atoms with E-state index in [1.54, 1.807) is 7.11 Å². The lowest BCUT2D eigenvalue weighted by molar-refractivity contribution is 0.295. The highest BCUT2D eigenvalue weighted by molar-refractivity contribution is 9.09. The number of methoxy groups -OCH3 is 1. The van der Waals surface area contributed by atoms with Gasteiger partial charge in [0.05, 0.1) is 7.11 Å². The van der Waals surface area contributed by atoms with Crippen molar-refractivity contribution in [2.45, 2.75) is 25.7 Å². The fraction of sp³-hybridized carbons (Fsp3) is 0.571. The Morgan fingerprint density at radius 1 is 1.29 bits per heavy atom. The Labute approximate surface area is 117 Å². The van der Waals surface area contributed by atoms with Crippen molar-refractivity contribution in [3.63, 3.8) is 0 Å². The molecule has 0 saturated carbocycles. The van der Waals surface area contributed by atoms with Gasteiger partial charge in [-0.1, -0.05) is 48.8 Å². The number of halogens is 1. The molecule has 0 aliphatic heterocycles. The molecule has 3 heteroatoms. The van der Waals surface area contributed by atoms with E-state index >= 15 is 0 Å². The number of para-hydroxylation sites is 1. The van der Waals surface area contributed by atoms with Crippen LogP contribution in [0, 0.1) is 11.3 Å². The predicted molar refractivity (Wildman–Crippen MR) is 80.5 cm³/mol. The largest absolute Gasteiger partial charge is 0.496 e. The van der Waals surface area contributed by atoms with Gasteiger partial charge in [0.1, 0.15) is 5.75 Å². The fourth-order valence-electron chi connectivity index (χ4n) is 1.45. The van der Waals surface area contributed by atoms with Gasteiger partial charge in [-0.3, -0.25) is 0 Å². The highest BCUT2D eigenvalue weighted by atomic mass is 79.9. The van der Waals surface area contributed by atoms with Crippen LogP contribution < -0.4 is 4.74 Å². The number of rotatable bonds is 5. The summed E-state index contributed by atoms with van der Waals surface area (Å²) in [7, 11) is 1.73. The highest BCUT2D eigenvalue weighted by Gasteiger charge is 2.23. The van der Waals surface area contributed by atoms with E-state index in [1.807, 2.05) is 23.9 Å². The van der Waals surface area contributed by atoms with E-state index in [4.69, 9.17) is 4.74 Å². The summed E-state index contributed by atoms with van der Waals surface area (Å²) in [5.41, 5.74) is 0.332. The molecular weight excluding hydrogens is 296 g/mol. The van der Waals surface area contributed by atoms with Crippen molar-refractivity contribution in [2.24, 2.45) is 11.3 Å². The Morgan fingerprint density at radius 2 is 1.94 bits per heavy atom. The summed E-state index contributed by atoms with van der Waals surface area (Å²) < 4.78 is 5.36. The second kappa shape index (κ2) is 6.69. The van der Waals surface area contributed by atoms with Crippen LogP contribution in [0.4, 0.5) is 0 Å². The van der Waals surface area contributed by atoms with Gasteiger partial charge in [-0.25, -0.2) is 0 Å². The molecule has 0 heterocycles. The van der Waals surface area contributed by atoms with Gasteiger partial charge in [0.15, 0.2) is 0 Å². The third-order valence-corrected chi connectivity index (χ3v) is 4.92. The van der Waals surface area contributed by atoms with Crippen LogP contribution in [0.2, 0.25) is 0 Å². The van der Waals surface area contributed by atoms with Crippen molar-refractivity contribution in [1.82, 2.24) is 0 Å². The van der Waals surface area contributed by atoms with Crippen LogP contribution in [0.15, 0.2) is 29.2 Å². The van der Waals surface area contributed by atoms with E-state index in [1.165, 1.54) is 4.90 Å². The standard InChI is InChI=1S/C14H21BrOS/c1-14(2,3)11(9-15)10-17-13-8-6-5-7-12(13)16-4/h5-8,11H,9-10H2,1-4H3. The molecule has 1 rings (SSSR count). The summed E-state index contributed by atoms with van der Waals surface area (Å²) >= 11 is 5.49. The van der Waals surface area contributed by atoms with E-state index < -0.39 is 0 Å². The van der Waals surface area contributed by atoms with Crippen LogP contribution in [0.25, 0.3) is 0 Å². The summed E-state index contributed by atoms with van der Waals surface area (Å²) in [6.07, 6.45) is 0. The van der Waals surface area contributed by atoms with E-state index in [-0.39, 0.29) is 0 Å². The number of hydrogen-bond donors (Lipinski definition) is 0. The number of hydrogen-bond acceptors (Lipinski definition) is 2. The van der Waals surface area contributed by atoms with Crippen LogP contribution in [0.3, 0.4) is 0 Å². The van der Waals surface area contributed by atoms with Crippen molar-refractivity contribution in [1.29, 1.82) is 0 Å². The van der Waals surface area contributed by atoms with Crippen molar-refractivity contribution < 1.29 is 4.74 Å². The molecule has 0 amide bonds. The highest BCUT2D eigenvalue weighted by Crippen LogP contribution is 2.35. The van der Waals surface area contributed by atoms with Gasteiger partial charge in [0, 0.05) is 16.0 Å². The Kier molecular flexibility index (Phi) is 5.87. The smallest absolute Gasteiger partial charge is 0.132 e. The van der Waals surface area contributed by atoms with Gasteiger partial charge in [0.25, 0.3) is 0 Å². The number of alkyl halides is 1. The second-order valence-corrected chi connectivity index (χ2v) is 6.89. The minimum atomic E-state index is 0.332. The van der Waals surface area contributed by atoms with E-state index in [9.17, 15) is 0 Å². The molecule has 0 aliphatic carbocycles. The molecule has 0 fully saturated rings. The van der Waals surface area contributed by atoms with Gasteiger partial charge >= 0.3 is 0 Å². The van der Waals surface area contributed by atoms with Gasteiger partial charge < -0.3 is 4.74 Å². The third-order valence-electron chi connectivity index (χ3n) is 2.92. The molecular formula is C14H21BrOS. The Balaban J connectivity index is 2.66. The summed E-state index contributed by atoms with van der Waals surface area (Å²) in [6, 6.07) is 8.21. The Hall–Kier alpha value is -0.150. The van der Waals surface area contributed by atoms with Crippen molar-refractivity contribution >= 4 is 27.7 Å². The van der Waals surface area contributed by atoms with Crippen LogP contribution in [-0.2, 0) is 0 Å². The first-order valence-electron chi connectivity index (χ1n) is 5.80. The number of thioether (sulfide) groups is 1. The SMILES string of the molecule is COc1ccccc1SCC(CBr)C(C)(C)C. The summed E-state index contributed by atoms with van der Waals surface area (Å²) in [5, 5.41) is 1.04. The fourth-order valence-corrected chi connectivity index (χ4v) is 4.42. The monoisotopic (exact) mass is 316 g/mol. The molecule has 96 valence electrons. The first-order chi connectivity index (χ1) is 7.99. The molecule has 0 saturated heterocycles. The molecule has 1 aromatic rings. The molecule has 0 aromatic heterocycles. The van der Waals surface area contributed by atoms with Crippen molar-refractivity contribution in [2.75, 3.05) is 18.2 Å². The van der Waals surface area contributed by atoms with E-state index in [0.717, 1.165) is 16.8 Å². The number of benzene rings is 1. The summed E-state index contributed by atoms with van der Waals surface area (Å²) in [4.78, 5) is 1.23. The number of ether oxygens (including phenoxy) is 1. The van der Waals surface area contributed by atoms with E-state index in [0.29, 0.717) is 11.3 Å². The van der Waals surface area contributed by atoms with Crippen LogP contribution >= 0.6 is 27.7 Å². The molecule has 0 aliphatic rings. The van der Waals surface area contributed by atoms with Gasteiger partial charge in [-0.2, -0.15) is 0 Å². The van der Waals surface area contributed by atoms with Crippen LogP contribution in [0.5, 0.6) is 5.75 Å². The van der Waals surface area contributed by atoms with Crippen LogP contribution in [-0.4, -0.2) is 18.2 Å². The minimum Gasteiger partial charge on any atom is -0.496 e. The first-order valence-corrected chi connectivity index (χ1v) is 7.91.